The summed E-state index contributed by atoms with van der Waals surface area (Å²) < 4.78 is 0. The molecule has 1 unspecified atom stereocenters. The Morgan fingerprint density at radius 2 is 2.00 bits per heavy atom. The zero-order valence-electron chi connectivity index (χ0n) is 14.9. The van der Waals surface area contributed by atoms with Gasteiger partial charge in [0.05, 0.1) is 22.7 Å². The number of likely N-dealkylation sites (N-methyl/N-ethyl adjacent to an activating group) is 1. The molecule has 10 nitrogen and oxygen atoms in total. The van der Waals surface area contributed by atoms with Crippen molar-refractivity contribution in [3.63, 3.8) is 0 Å². The van der Waals surface area contributed by atoms with E-state index in [1.54, 1.807) is 0 Å². The topological polar surface area (TPSA) is 151 Å². The van der Waals surface area contributed by atoms with Gasteiger partial charge in [0.25, 0.3) is 5.69 Å². The van der Waals surface area contributed by atoms with Crippen LogP contribution in [0.4, 0.5) is 17.1 Å². The number of amides is 1. The maximum Gasteiger partial charge on any atom is 0.321 e. The number of carboxylic acids is 1. The maximum absolute atomic E-state index is 12.1. The Morgan fingerprint density at radius 1 is 1.35 bits per heavy atom. The molecule has 0 heterocycles. The van der Waals surface area contributed by atoms with E-state index in [4.69, 9.17) is 5.73 Å². The molecule has 10 heteroatoms. The number of rotatable bonds is 11. The van der Waals surface area contributed by atoms with E-state index >= 15 is 0 Å². The summed E-state index contributed by atoms with van der Waals surface area (Å²) in [5.41, 5.74) is 5.71. The van der Waals surface area contributed by atoms with Gasteiger partial charge in [-0.25, -0.2) is 0 Å². The number of carbonyl (C=O) groups excluding carboxylic acids is 1. The molecule has 0 aromatic heterocycles. The second-order valence-electron chi connectivity index (χ2n) is 5.65. The summed E-state index contributed by atoms with van der Waals surface area (Å²) >= 11 is 0. The number of aliphatic carboxylic acids is 1. The summed E-state index contributed by atoms with van der Waals surface area (Å²) in [6.07, 6.45) is -0.324. The summed E-state index contributed by atoms with van der Waals surface area (Å²) in [4.78, 5) is 35.8. The van der Waals surface area contributed by atoms with Crippen LogP contribution in [0.1, 0.15) is 20.3 Å². The number of carboxylic acid groups (broad SMARTS) is 1. The summed E-state index contributed by atoms with van der Waals surface area (Å²) in [5, 5.41) is 25.3. The minimum Gasteiger partial charge on any atom is -0.480 e. The van der Waals surface area contributed by atoms with Gasteiger partial charge in [-0.15, -0.1) is 0 Å². The zero-order valence-corrected chi connectivity index (χ0v) is 14.9. The molecule has 1 aromatic rings. The summed E-state index contributed by atoms with van der Waals surface area (Å²) in [5.74, 6) is -1.74. The van der Waals surface area contributed by atoms with Crippen LogP contribution in [0.2, 0.25) is 0 Å². The van der Waals surface area contributed by atoms with E-state index in [-0.39, 0.29) is 23.5 Å². The van der Waals surface area contributed by atoms with E-state index in [0.717, 1.165) is 19.2 Å². The first-order valence-corrected chi connectivity index (χ1v) is 8.30. The highest BCUT2D eigenvalue weighted by Gasteiger charge is 2.21. The predicted octanol–water partition coefficient (Wildman–Crippen LogP) is 0.890. The highest BCUT2D eigenvalue weighted by Crippen LogP contribution is 2.24. The molecule has 0 aliphatic rings. The molecule has 0 spiro atoms. The fourth-order valence-corrected chi connectivity index (χ4v) is 2.34. The molecule has 26 heavy (non-hydrogen) atoms. The van der Waals surface area contributed by atoms with Gasteiger partial charge in [0.2, 0.25) is 5.91 Å². The van der Waals surface area contributed by atoms with Crippen LogP contribution >= 0.6 is 0 Å². The quantitative estimate of drug-likeness (QED) is 0.256. The van der Waals surface area contributed by atoms with Crippen LogP contribution < -0.4 is 16.4 Å². The van der Waals surface area contributed by atoms with E-state index in [2.05, 4.69) is 15.5 Å². The number of nitrogen functional groups attached to an aromatic ring is 1. The van der Waals surface area contributed by atoms with Crippen molar-refractivity contribution < 1.29 is 19.6 Å². The van der Waals surface area contributed by atoms with Crippen LogP contribution in [0.3, 0.4) is 0 Å². The SMILES string of the molecule is CCN(CC)CCNC(CC(=O)Nc1cc([N+](=O)[O-])ccc1N)C(=O)O. The Morgan fingerprint density at radius 3 is 2.54 bits per heavy atom. The zero-order chi connectivity index (χ0) is 19.7. The van der Waals surface area contributed by atoms with Gasteiger partial charge < -0.3 is 26.4 Å². The fourth-order valence-electron chi connectivity index (χ4n) is 2.34. The van der Waals surface area contributed by atoms with Crippen LogP contribution in [0.5, 0.6) is 0 Å². The van der Waals surface area contributed by atoms with Crippen molar-refractivity contribution in [3.8, 4) is 0 Å². The van der Waals surface area contributed by atoms with Gasteiger partial charge in [0.15, 0.2) is 0 Å². The smallest absolute Gasteiger partial charge is 0.321 e. The number of hydrogen-bond donors (Lipinski definition) is 4. The number of anilines is 2. The number of nitro benzene ring substituents is 1. The highest BCUT2D eigenvalue weighted by molar-refractivity contribution is 5.96. The average Bonchev–Trinajstić information content (AvgIpc) is 2.59. The third kappa shape index (κ3) is 6.65. The molecule has 1 aromatic carbocycles. The van der Waals surface area contributed by atoms with Crippen molar-refractivity contribution in [1.82, 2.24) is 10.2 Å². The largest absolute Gasteiger partial charge is 0.480 e. The third-order valence-corrected chi connectivity index (χ3v) is 3.92. The number of nitrogens with two attached hydrogens (primary N) is 1. The average molecular weight is 367 g/mol. The number of carbonyl (C=O) groups is 2. The van der Waals surface area contributed by atoms with Gasteiger partial charge in [0, 0.05) is 25.2 Å². The second-order valence-corrected chi connectivity index (χ2v) is 5.65. The molecule has 0 saturated heterocycles. The van der Waals surface area contributed by atoms with E-state index in [0.29, 0.717) is 13.1 Å². The number of nitrogens with zero attached hydrogens (tertiary/aromatic N) is 2. The van der Waals surface area contributed by atoms with Crippen LogP contribution in [0.15, 0.2) is 18.2 Å². The van der Waals surface area contributed by atoms with Gasteiger partial charge in [0.1, 0.15) is 6.04 Å². The van der Waals surface area contributed by atoms with Gasteiger partial charge in [-0.2, -0.15) is 0 Å². The molecule has 5 N–H and O–H groups in total. The molecule has 1 amide bonds. The molecule has 1 atom stereocenters. The van der Waals surface area contributed by atoms with Gasteiger partial charge in [-0.1, -0.05) is 13.8 Å². The normalized spacial score (nSPS) is 12.0. The van der Waals surface area contributed by atoms with Crippen LogP contribution in [0.25, 0.3) is 0 Å². The van der Waals surface area contributed by atoms with Crippen molar-refractivity contribution in [2.45, 2.75) is 26.3 Å². The Kier molecular flexibility index (Phi) is 8.46. The molecular formula is C16H25N5O5. The van der Waals surface area contributed by atoms with Gasteiger partial charge in [-0.3, -0.25) is 19.7 Å². The number of hydrogen-bond acceptors (Lipinski definition) is 7. The van der Waals surface area contributed by atoms with Crippen LogP contribution in [-0.4, -0.2) is 59.0 Å². The Balaban J connectivity index is 2.66. The van der Waals surface area contributed by atoms with Crippen molar-refractivity contribution in [2.24, 2.45) is 0 Å². The highest BCUT2D eigenvalue weighted by atomic mass is 16.6. The monoisotopic (exact) mass is 367 g/mol. The lowest BCUT2D eigenvalue weighted by Gasteiger charge is -2.20. The number of nitrogens with one attached hydrogen (secondary N) is 2. The molecule has 0 saturated carbocycles. The van der Waals surface area contributed by atoms with E-state index < -0.39 is 22.8 Å². The van der Waals surface area contributed by atoms with Gasteiger partial charge in [-0.05, 0) is 19.2 Å². The number of nitro groups is 1. The van der Waals surface area contributed by atoms with Crippen LogP contribution in [-0.2, 0) is 9.59 Å². The molecular weight excluding hydrogens is 342 g/mol. The van der Waals surface area contributed by atoms with Gasteiger partial charge >= 0.3 is 5.97 Å². The predicted molar refractivity (Wildman–Crippen MR) is 98.0 cm³/mol. The first-order chi connectivity index (χ1) is 12.3. The Labute approximate surface area is 151 Å². The fraction of sp³-hybridized carbons (Fsp3) is 0.500. The standard InChI is InChI=1S/C16H25N5O5/c1-3-20(4-2)8-7-18-14(16(23)24)10-15(22)19-13-9-11(21(25)26)5-6-12(13)17/h5-6,9,14,18H,3-4,7-8,10,17H2,1-2H3,(H,19,22)(H,23,24). The maximum atomic E-state index is 12.1. The lowest BCUT2D eigenvalue weighted by atomic mass is 10.2. The van der Waals surface area contributed by atoms with Crippen molar-refractivity contribution in [3.05, 3.63) is 28.3 Å². The Hall–Kier alpha value is -2.72. The summed E-state index contributed by atoms with van der Waals surface area (Å²) in [7, 11) is 0. The number of benzene rings is 1. The van der Waals surface area contributed by atoms with Crippen LogP contribution in [0, 0.1) is 10.1 Å². The molecule has 1 rings (SSSR count). The first kappa shape index (κ1) is 21.3. The summed E-state index contributed by atoms with van der Waals surface area (Å²) in [6, 6.07) is 2.60. The Bertz CT molecular complexity index is 648. The third-order valence-electron chi connectivity index (χ3n) is 3.92. The lowest BCUT2D eigenvalue weighted by Crippen LogP contribution is -2.43. The molecule has 144 valence electrons. The molecule has 0 radical (unpaired) electrons. The molecule has 0 bridgehead atoms. The van der Waals surface area contributed by atoms with Crippen molar-refractivity contribution in [2.75, 3.05) is 37.2 Å². The van der Waals surface area contributed by atoms with E-state index in [1.165, 1.54) is 12.1 Å². The van der Waals surface area contributed by atoms with E-state index in [9.17, 15) is 24.8 Å². The minimum atomic E-state index is -1.15. The van der Waals surface area contributed by atoms with E-state index in [1.807, 2.05) is 13.8 Å². The van der Waals surface area contributed by atoms with Crippen molar-refractivity contribution >= 4 is 28.9 Å². The van der Waals surface area contributed by atoms with Crippen molar-refractivity contribution in [1.29, 1.82) is 0 Å². The molecule has 0 aliphatic heterocycles. The summed E-state index contributed by atoms with van der Waals surface area (Å²) in [6.45, 7) is 6.80. The number of non-ortho nitro benzene ring substituents is 1. The molecule has 0 fully saturated rings. The first-order valence-electron chi connectivity index (χ1n) is 8.30. The lowest BCUT2D eigenvalue weighted by molar-refractivity contribution is -0.384. The minimum absolute atomic E-state index is 0.0801. The second kappa shape index (κ2) is 10.3. The molecule has 0 aliphatic carbocycles.